The largest absolute Gasteiger partial charge is 0.394 e. The molecule has 0 bridgehead atoms. The van der Waals surface area contributed by atoms with Crippen molar-refractivity contribution in [3.63, 3.8) is 0 Å². The van der Waals surface area contributed by atoms with Crippen LogP contribution in [-0.4, -0.2) is 63.3 Å². The van der Waals surface area contributed by atoms with Crippen LogP contribution in [0.4, 0.5) is 0 Å². The predicted molar refractivity (Wildman–Crippen MR) is 83.8 cm³/mol. The summed E-state index contributed by atoms with van der Waals surface area (Å²) in [5.74, 6) is -0.148. The molecule has 1 spiro atoms. The molecule has 0 aliphatic carbocycles. The highest BCUT2D eigenvalue weighted by molar-refractivity contribution is 5.92. The third kappa shape index (κ3) is 3.30. The van der Waals surface area contributed by atoms with Crippen LogP contribution in [0, 0.1) is 5.41 Å². The van der Waals surface area contributed by atoms with Crippen LogP contribution >= 0.6 is 0 Å². The molecular weight excluding hydrogens is 296 g/mol. The van der Waals surface area contributed by atoms with Gasteiger partial charge in [0, 0.05) is 19.8 Å². The Kier molecular flexibility index (Phi) is 4.77. The van der Waals surface area contributed by atoms with Gasteiger partial charge in [-0.1, -0.05) is 11.3 Å². The Morgan fingerprint density at radius 1 is 1.48 bits per heavy atom. The van der Waals surface area contributed by atoms with Crippen molar-refractivity contribution >= 4 is 5.91 Å². The molecule has 1 amide bonds. The second-order valence-electron chi connectivity index (χ2n) is 6.53. The van der Waals surface area contributed by atoms with Gasteiger partial charge in [-0.3, -0.25) is 4.79 Å². The molecule has 23 heavy (non-hydrogen) atoms. The minimum atomic E-state index is -0.148. The number of hydrogen-bond donors (Lipinski definition) is 1. The van der Waals surface area contributed by atoms with Gasteiger partial charge in [0.05, 0.1) is 25.4 Å². The summed E-state index contributed by atoms with van der Waals surface area (Å²) in [6.07, 6.45) is 7.15. The fourth-order valence-electron chi connectivity index (χ4n) is 3.60. The molecular formula is C16H24N4O3. The van der Waals surface area contributed by atoms with Crippen molar-refractivity contribution in [3.05, 3.63) is 24.5 Å². The first kappa shape index (κ1) is 16.1. The molecule has 1 unspecified atom stereocenters. The number of carbonyl (C=O) groups excluding carboxylic acids is 1. The Morgan fingerprint density at radius 2 is 2.26 bits per heavy atom. The lowest BCUT2D eigenvalue weighted by molar-refractivity contribution is -0.0437. The number of aliphatic hydroxyl groups excluding tert-OH is 1. The van der Waals surface area contributed by atoms with Crippen LogP contribution in [0.3, 0.4) is 0 Å². The van der Waals surface area contributed by atoms with E-state index >= 15 is 0 Å². The van der Waals surface area contributed by atoms with E-state index in [0.29, 0.717) is 18.8 Å². The molecule has 7 heteroatoms. The van der Waals surface area contributed by atoms with E-state index in [4.69, 9.17) is 4.74 Å². The first-order valence-corrected chi connectivity index (χ1v) is 8.18. The average Bonchev–Trinajstić information content (AvgIpc) is 3.04. The van der Waals surface area contributed by atoms with Crippen molar-refractivity contribution in [2.75, 3.05) is 26.4 Å². The summed E-state index contributed by atoms with van der Waals surface area (Å²) in [5, 5.41) is 17.6. The highest BCUT2D eigenvalue weighted by atomic mass is 16.5. The number of aliphatic hydroxyl groups is 1. The predicted octanol–water partition coefficient (Wildman–Crippen LogP) is 0.858. The zero-order valence-electron chi connectivity index (χ0n) is 13.4. The van der Waals surface area contributed by atoms with E-state index in [2.05, 4.69) is 16.9 Å². The number of carbonyl (C=O) groups is 1. The molecule has 3 heterocycles. The quantitative estimate of drug-likeness (QED) is 0.832. The highest BCUT2D eigenvalue weighted by Crippen LogP contribution is 2.41. The minimum absolute atomic E-state index is 0.0148. The lowest BCUT2D eigenvalue weighted by Crippen LogP contribution is -2.54. The van der Waals surface area contributed by atoms with Gasteiger partial charge in [-0.05, 0) is 31.1 Å². The van der Waals surface area contributed by atoms with Gasteiger partial charge in [0.15, 0.2) is 5.69 Å². The molecule has 126 valence electrons. The van der Waals surface area contributed by atoms with E-state index in [9.17, 15) is 9.90 Å². The van der Waals surface area contributed by atoms with Gasteiger partial charge in [-0.15, -0.1) is 11.7 Å². The maximum absolute atomic E-state index is 12.9. The summed E-state index contributed by atoms with van der Waals surface area (Å²) in [6.45, 7) is 6.32. The first-order chi connectivity index (χ1) is 11.2. The normalized spacial score (nSPS) is 23.9. The number of allylic oxidation sites excluding steroid dienone is 1. The number of amides is 1. The van der Waals surface area contributed by atoms with Crippen LogP contribution in [0.1, 0.15) is 36.2 Å². The summed E-state index contributed by atoms with van der Waals surface area (Å²) in [7, 11) is 0. The van der Waals surface area contributed by atoms with E-state index in [0.717, 1.165) is 38.9 Å². The molecule has 1 N–H and O–H groups in total. The number of rotatable bonds is 4. The van der Waals surface area contributed by atoms with Crippen LogP contribution in [0.2, 0.25) is 0 Å². The number of likely N-dealkylation sites (tertiary alicyclic amines) is 1. The van der Waals surface area contributed by atoms with Crippen LogP contribution < -0.4 is 0 Å². The molecule has 3 rings (SSSR count). The first-order valence-electron chi connectivity index (χ1n) is 8.18. The lowest BCUT2D eigenvalue weighted by Gasteiger charge is -2.48. The Hall–Kier alpha value is -1.73. The number of aromatic nitrogens is 3. The maximum atomic E-state index is 12.9. The molecule has 0 aromatic carbocycles. The van der Waals surface area contributed by atoms with Gasteiger partial charge in [0.1, 0.15) is 0 Å². The van der Waals surface area contributed by atoms with Crippen molar-refractivity contribution in [1.82, 2.24) is 19.9 Å². The second kappa shape index (κ2) is 6.80. The standard InChI is InChI=1S/C16H24N4O3/c1-2-7-19-10-14(17-18-19)15(22)20-12-16(4-3-13(20)11-21)5-8-23-9-6-16/h2,10,13,21H,1,3-9,11-12H2. The summed E-state index contributed by atoms with van der Waals surface area (Å²) in [5.41, 5.74) is 0.450. The van der Waals surface area contributed by atoms with Crippen molar-refractivity contribution < 1.29 is 14.6 Å². The molecule has 0 saturated carbocycles. The van der Waals surface area contributed by atoms with Crippen LogP contribution in [0.5, 0.6) is 0 Å². The molecule has 2 aliphatic heterocycles. The van der Waals surface area contributed by atoms with Gasteiger partial charge in [-0.2, -0.15) is 0 Å². The van der Waals surface area contributed by atoms with Crippen molar-refractivity contribution in [1.29, 1.82) is 0 Å². The van der Waals surface area contributed by atoms with Crippen molar-refractivity contribution in [2.45, 2.75) is 38.3 Å². The summed E-state index contributed by atoms with van der Waals surface area (Å²) in [6, 6.07) is -0.138. The Bertz CT molecular complexity index is 565. The van der Waals surface area contributed by atoms with E-state index in [1.807, 2.05) is 0 Å². The summed E-state index contributed by atoms with van der Waals surface area (Å²) < 4.78 is 7.06. The fraction of sp³-hybridized carbons (Fsp3) is 0.688. The summed E-state index contributed by atoms with van der Waals surface area (Å²) in [4.78, 5) is 14.6. The molecule has 0 radical (unpaired) electrons. The Labute approximate surface area is 135 Å². The molecule has 2 saturated heterocycles. The molecule has 7 nitrogen and oxygen atoms in total. The van der Waals surface area contributed by atoms with Crippen LogP contribution in [-0.2, 0) is 11.3 Å². The maximum Gasteiger partial charge on any atom is 0.276 e. The number of nitrogens with zero attached hydrogens (tertiary/aromatic N) is 4. The number of ether oxygens (including phenoxy) is 1. The minimum Gasteiger partial charge on any atom is -0.394 e. The SMILES string of the molecule is C=CCn1cc(C(=O)N2CC3(CCOCC3)CCC2CO)nn1. The van der Waals surface area contributed by atoms with E-state index < -0.39 is 0 Å². The van der Waals surface area contributed by atoms with Gasteiger partial charge < -0.3 is 14.7 Å². The zero-order chi connectivity index (χ0) is 16.3. The molecule has 1 aromatic heterocycles. The second-order valence-corrected chi connectivity index (χ2v) is 6.53. The molecule has 2 fully saturated rings. The van der Waals surface area contributed by atoms with Gasteiger partial charge in [-0.25, -0.2) is 4.68 Å². The molecule has 2 aliphatic rings. The van der Waals surface area contributed by atoms with Crippen molar-refractivity contribution in [3.8, 4) is 0 Å². The average molecular weight is 320 g/mol. The van der Waals surface area contributed by atoms with Gasteiger partial charge in [0.2, 0.25) is 0 Å². The summed E-state index contributed by atoms with van der Waals surface area (Å²) >= 11 is 0. The fourth-order valence-corrected chi connectivity index (χ4v) is 3.60. The Balaban J connectivity index is 1.78. The zero-order valence-corrected chi connectivity index (χ0v) is 13.4. The van der Waals surface area contributed by atoms with Crippen LogP contribution in [0.15, 0.2) is 18.9 Å². The smallest absolute Gasteiger partial charge is 0.276 e. The van der Waals surface area contributed by atoms with E-state index in [-0.39, 0.29) is 24.0 Å². The lowest BCUT2D eigenvalue weighted by atomic mass is 9.72. The molecule has 1 aromatic rings. The van der Waals surface area contributed by atoms with Gasteiger partial charge >= 0.3 is 0 Å². The van der Waals surface area contributed by atoms with Crippen molar-refractivity contribution in [2.24, 2.45) is 5.41 Å². The van der Waals surface area contributed by atoms with E-state index in [1.165, 1.54) is 0 Å². The highest BCUT2D eigenvalue weighted by Gasteiger charge is 2.42. The number of hydrogen-bond acceptors (Lipinski definition) is 5. The van der Waals surface area contributed by atoms with Crippen LogP contribution in [0.25, 0.3) is 0 Å². The van der Waals surface area contributed by atoms with E-state index in [1.54, 1.807) is 21.9 Å². The topological polar surface area (TPSA) is 80.5 Å². The number of piperidine rings is 1. The third-order valence-corrected chi connectivity index (χ3v) is 5.05. The van der Waals surface area contributed by atoms with Gasteiger partial charge in [0.25, 0.3) is 5.91 Å². The monoisotopic (exact) mass is 320 g/mol. The Morgan fingerprint density at radius 3 is 2.96 bits per heavy atom. The molecule has 1 atom stereocenters. The third-order valence-electron chi connectivity index (χ3n) is 5.05.